The van der Waals surface area contributed by atoms with Crippen LogP contribution in [0.4, 0.5) is 0 Å². The second-order valence-corrected chi connectivity index (χ2v) is 8.28. The Kier molecular flexibility index (Phi) is 4.66. The van der Waals surface area contributed by atoms with Gasteiger partial charge in [-0.05, 0) is 44.9 Å². The molecule has 0 spiro atoms. The number of aryl methyl sites for hydroxylation is 1. The molecular weight excluding hydrogens is 280 g/mol. The lowest BCUT2D eigenvalue weighted by molar-refractivity contribution is 0.380. The second kappa shape index (κ2) is 5.91. The summed E-state index contributed by atoms with van der Waals surface area (Å²) in [5.41, 5.74) is 1.06. The Hall–Kier alpha value is -0.430. The van der Waals surface area contributed by atoms with E-state index in [0.717, 1.165) is 36.2 Å². The number of hydrogen-bond donors (Lipinski definition) is 1. The number of nitrogens with one attached hydrogen (secondary N) is 1. The topological polar surface area (TPSA) is 49.4 Å². The number of rotatable bonds is 5. The van der Waals surface area contributed by atoms with Gasteiger partial charge in [-0.3, -0.25) is 0 Å². The van der Waals surface area contributed by atoms with Gasteiger partial charge in [0, 0.05) is 24.0 Å². The van der Waals surface area contributed by atoms with Gasteiger partial charge in [-0.1, -0.05) is 6.92 Å². The van der Waals surface area contributed by atoms with Gasteiger partial charge in [-0.2, -0.15) is 4.31 Å². The highest BCUT2D eigenvalue weighted by atomic mass is 32.2. The first-order valence-electron chi connectivity index (χ1n) is 6.76. The summed E-state index contributed by atoms with van der Waals surface area (Å²) in [5.74, 6) is 0. The van der Waals surface area contributed by atoms with Crippen LogP contribution in [0.25, 0.3) is 0 Å². The molecule has 1 aromatic rings. The molecule has 1 N–H and O–H groups in total. The summed E-state index contributed by atoms with van der Waals surface area (Å²) < 4.78 is 27.6. The third kappa shape index (κ3) is 2.86. The normalized spacial score (nSPS) is 21.1. The summed E-state index contributed by atoms with van der Waals surface area (Å²) in [4.78, 5) is 1.10. The SMILES string of the molecule is CCC1CCCN1S(=O)(=O)c1cc(C)c(CNC)s1. The van der Waals surface area contributed by atoms with Crippen molar-refractivity contribution in [1.29, 1.82) is 0 Å². The van der Waals surface area contributed by atoms with Crippen molar-refractivity contribution < 1.29 is 8.42 Å². The van der Waals surface area contributed by atoms with Crippen LogP contribution in [0.3, 0.4) is 0 Å². The van der Waals surface area contributed by atoms with Crippen LogP contribution >= 0.6 is 11.3 Å². The van der Waals surface area contributed by atoms with E-state index in [1.165, 1.54) is 11.3 Å². The van der Waals surface area contributed by atoms with Crippen LogP contribution in [0.15, 0.2) is 10.3 Å². The van der Waals surface area contributed by atoms with Crippen molar-refractivity contribution in [2.75, 3.05) is 13.6 Å². The summed E-state index contributed by atoms with van der Waals surface area (Å²) in [6.45, 7) is 5.43. The quantitative estimate of drug-likeness (QED) is 0.908. The smallest absolute Gasteiger partial charge is 0.252 e. The summed E-state index contributed by atoms with van der Waals surface area (Å²) in [5, 5.41) is 3.08. The molecule has 2 heterocycles. The molecule has 1 atom stereocenters. The predicted octanol–water partition coefficient (Wildman–Crippen LogP) is 2.34. The molecule has 0 amide bonds. The van der Waals surface area contributed by atoms with E-state index in [1.807, 2.05) is 20.0 Å². The van der Waals surface area contributed by atoms with E-state index < -0.39 is 10.0 Å². The molecule has 0 aromatic carbocycles. The Balaban J connectivity index is 2.31. The molecule has 108 valence electrons. The molecule has 1 saturated heterocycles. The van der Waals surface area contributed by atoms with Gasteiger partial charge in [0.15, 0.2) is 0 Å². The van der Waals surface area contributed by atoms with E-state index in [-0.39, 0.29) is 6.04 Å². The van der Waals surface area contributed by atoms with Gasteiger partial charge in [0.25, 0.3) is 10.0 Å². The van der Waals surface area contributed by atoms with Gasteiger partial charge in [-0.15, -0.1) is 11.3 Å². The third-order valence-electron chi connectivity index (χ3n) is 3.69. The lowest BCUT2D eigenvalue weighted by atomic mass is 10.2. The first kappa shape index (κ1) is 15.0. The lowest BCUT2D eigenvalue weighted by Crippen LogP contribution is -2.34. The van der Waals surface area contributed by atoms with Crippen molar-refractivity contribution >= 4 is 21.4 Å². The minimum absolute atomic E-state index is 0.181. The van der Waals surface area contributed by atoms with Crippen LogP contribution in [-0.4, -0.2) is 32.4 Å². The van der Waals surface area contributed by atoms with Crippen LogP contribution in [-0.2, 0) is 16.6 Å². The monoisotopic (exact) mass is 302 g/mol. The molecule has 1 unspecified atom stereocenters. The summed E-state index contributed by atoms with van der Waals surface area (Å²) in [6.07, 6.45) is 2.86. The molecule has 1 aliphatic heterocycles. The minimum atomic E-state index is -3.30. The van der Waals surface area contributed by atoms with E-state index in [1.54, 1.807) is 4.31 Å². The number of nitrogens with zero attached hydrogens (tertiary/aromatic N) is 1. The summed E-state index contributed by atoms with van der Waals surface area (Å²) >= 11 is 1.40. The first-order valence-corrected chi connectivity index (χ1v) is 9.02. The zero-order valence-electron chi connectivity index (χ0n) is 11.8. The van der Waals surface area contributed by atoms with E-state index in [2.05, 4.69) is 12.2 Å². The van der Waals surface area contributed by atoms with Crippen LogP contribution in [0, 0.1) is 6.92 Å². The average Bonchev–Trinajstić information content (AvgIpc) is 2.97. The zero-order chi connectivity index (χ0) is 14.0. The van der Waals surface area contributed by atoms with E-state index in [9.17, 15) is 8.42 Å². The summed E-state index contributed by atoms with van der Waals surface area (Å²) in [7, 11) is -1.42. The Labute approximate surface area is 119 Å². The molecule has 4 nitrogen and oxygen atoms in total. The lowest BCUT2D eigenvalue weighted by Gasteiger charge is -2.21. The van der Waals surface area contributed by atoms with Crippen molar-refractivity contribution in [2.24, 2.45) is 0 Å². The number of thiophene rings is 1. The third-order valence-corrected chi connectivity index (χ3v) is 7.33. The predicted molar refractivity (Wildman–Crippen MR) is 79.0 cm³/mol. The van der Waals surface area contributed by atoms with Gasteiger partial charge in [0.05, 0.1) is 0 Å². The standard InChI is InChI=1S/C13H22N2O2S2/c1-4-11-6-5-7-15(11)19(16,17)13-8-10(2)12(18-13)9-14-3/h8,11,14H,4-7,9H2,1-3H3. The number of hydrogen-bond acceptors (Lipinski definition) is 4. The fourth-order valence-electron chi connectivity index (χ4n) is 2.60. The van der Waals surface area contributed by atoms with Crippen LogP contribution < -0.4 is 5.32 Å². The van der Waals surface area contributed by atoms with Crippen LogP contribution in [0.2, 0.25) is 0 Å². The second-order valence-electron chi connectivity index (χ2n) is 5.02. The first-order chi connectivity index (χ1) is 9.00. The molecule has 2 rings (SSSR count). The Morgan fingerprint density at radius 2 is 2.26 bits per heavy atom. The molecule has 6 heteroatoms. The maximum absolute atomic E-state index is 12.7. The maximum Gasteiger partial charge on any atom is 0.252 e. The average molecular weight is 302 g/mol. The van der Waals surface area contributed by atoms with Crippen molar-refractivity contribution in [1.82, 2.24) is 9.62 Å². The molecule has 19 heavy (non-hydrogen) atoms. The molecule has 0 radical (unpaired) electrons. The fraction of sp³-hybridized carbons (Fsp3) is 0.692. The largest absolute Gasteiger partial charge is 0.315 e. The highest BCUT2D eigenvalue weighted by Crippen LogP contribution is 2.33. The zero-order valence-corrected chi connectivity index (χ0v) is 13.4. The van der Waals surface area contributed by atoms with E-state index in [0.29, 0.717) is 10.8 Å². The Morgan fingerprint density at radius 1 is 1.53 bits per heavy atom. The Bertz CT molecular complexity index is 537. The Morgan fingerprint density at radius 3 is 2.89 bits per heavy atom. The molecule has 1 aliphatic rings. The van der Waals surface area contributed by atoms with Gasteiger partial charge in [0.1, 0.15) is 4.21 Å². The van der Waals surface area contributed by atoms with Crippen molar-refractivity contribution in [3.05, 3.63) is 16.5 Å². The number of sulfonamides is 1. The minimum Gasteiger partial charge on any atom is -0.315 e. The van der Waals surface area contributed by atoms with E-state index >= 15 is 0 Å². The summed E-state index contributed by atoms with van der Waals surface area (Å²) in [6, 6.07) is 2.00. The fourth-order valence-corrected chi connectivity index (χ4v) is 6.10. The van der Waals surface area contributed by atoms with Crippen molar-refractivity contribution in [3.8, 4) is 0 Å². The highest BCUT2D eigenvalue weighted by molar-refractivity contribution is 7.91. The van der Waals surface area contributed by atoms with Crippen LogP contribution in [0.1, 0.15) is 36.6 Å². The molecule has 0 bridgehead atoms. The van der Waals surface area contributed by atoms with Gasteiger partial charge < -0.3 is 5.32 Å². The van der Waals surface area contributed by atoms with Crippen molar-refractivity contribution in [2.45, 2.75) is 49.9 Å². The molecule has 0 saturated carbocycles. The molecule has 1 fully saturated rings. The van der Waals surface area contributed by atoms with Crippen LogP contribution in [0.5, 0.6) is 0 Å². The van der Waals surface area contributed by atoms with Crippen molar-refractivity contribution in [3.63, 3.8) is 0 Å². The molecular formula is C13H22N2O2S2. The maximum atomic E-state index is 12.7. The molecule has 0 aliphatic carbocycles. The van der Waals surface area contributed by atoms with Gasteiger partial charge in [-0.25, -0.2) is 8.42 Å². The molecule has 1 aromatic heterocycles. The highest BCUT2D eigenvalue weighted by Gasteiger charge is 2.35. The van der Waals surface area contributed by atoms with E-state index in [4.69, 9.17) is 0 Å². The van der Waals surface area contributed by atoms with Gasteiger partial charge >= 0.3 is 0 Å². The van der Waals surface area contributed by atoms with Gasteiger partial charge in [0.2, 0.25) is 0 Å².